The predicted octanol–water partition coefficient (Wildman–Crippen LogP) is 5.97. The van der Waals surface area contributed by atoms with Crippen molar-refractivity contribution in [3.8, 4) is 5.75 Å². The van der Waals surface area contributed by atoms with Crippen molar-refractivity contribution in [1.82, 2.24) is 0 Å². The van der Waals surface area contributed by atoms with Crippen molar-refractivity contribution in [3.05, 3.63) is 106 Å². The summed E-state index contributed by atoms with van der Waals surface area (Å²) in [5, 5.41) is 10.8. The Bertz CT molecular complexity index is 1150. The SMILES string of the molecule is CN1CCN=C(/C=C/c2ccccc2OCc2ccc([N+](=O)[O-])cc2)c2ccccc21.Cl.Cl. The second kappa shape index (κ2) is 12.0. The molecule has 33 heavy (non-hydrogen) atoms. The Kier molecular flexibility index (Phi) is 9.45. The van der Waals surface area contributed by atoms with Gasteiger partial charge in [-0.15, -0.1) is 24.8 Å². The van der Waals surface area contributed by atoms with Crippen molar-refractivity contribution in [2.24, 2.45) is 4.99 Å². The van der Waals surface area contributed by atoms with Gasteiger partial charge in [0.1, 0.15) is 12.4 Å². The number of likely N-dealkylation sites (N-methyl/N-ethyl adjacent to an activating group) is 1. The number of aliphatic imine (C=N–C) groups is 1. The van der Waals surface area contributed by atoms with E-state index in [1.54, 1.807) is 12.1 Å². The van der Waals surface area contributed by atoms with Crippen LogP contribution in [-0.4, -0.2) is 30.8 Å². The first kappa shape index (κ1) is 25.9. The predicted molar refractivity (Wildman–Crippen MR) is 139 cm³/mol. The Balaban J connectivity index is 0.00000193. The van der Waals surface area contributed by atoms with Crippen LogP contribution in [0.15, 0.2) is 83.9 Å². The lowest BCUT2D eigenvalue weighted by Crippen LogP contribution is -2.20. The molecule has 0 spiro atoms. The molecule has 172 valence electrons. The zero-order valence-electron chi connectivity index (χ0n) is 18.1. The van der Waals surface area contributed by atoms with Crippen LogP contribution in [0.5, 0.6) is 5.75 Å². The average Bonchev–Trinajstić information content (AvgIpc) is 2.96. The van der Waals surface area contributed by atoms with Crippen LogP contribution in [-0.2, 0) is 6.61 Å². The van der Waals surface area contributed by atoms with Crippen molar-refractivity contribution < 1.29 is 9.66 Å². The maximum absolute atomic E-state index is 10.8. The van der Waals surface area contributed by atoms with Gasteiger partial charge in [-0.1, -0.05) is 36.4 Å². The van der Waals surface area contributed by atoms with Gasteiger partial charge in [-0.25, -0.2) is 0 Å². The molecule has 0 aromatic heterocycles. The molecule has 3 aromatic rings. The molecule has 8 heteroatoms. The summed E-state index contributed by atoms with van der Waals surface area (Å²) in [5.74, 6) is 0.747. The largest absolute Gasteiger partial charge is 0.488 e. The molecule has 1 heterocycles. The van der Waals surface area contributed by atoms with Gasteiger partial charge < -0.3 is 9.64 Å². The third kappa shape index (κ3) is 6.34. The molecule has 0 N–H and O–H groups in total. The molecule has 6 nitrogen and oxygen atoms in total. The van der Waals surface area contributed by atoms with Gasteiger partial charge in [0.2, 0.25) is 0 Å². The van der Waals surface area contributed by atoms with E-state index in [0.717, 1.165) is 41.2 Å². The molecule has 0 unspecified atom stereocenters. The monoisotopic (exact) mass is 485 g/mol. The van der Waals surface area contributed by atoms with E-state index in [1.165, 1.54) is 17.8 Å². The third-order valence-corrected chi connectivity index (χ3v) is 5.19. The first-order chi connectivity index (χ1) is 15.1. The topological polar surface area (TPSA) is 68.0 Å². The van der Waals surface area contributed by atoms with Crippen molar-refractivity contribution in [2.45, 2.75) is 6.61 Å². The molecule has 4 rings (SSSR count). The number of anilines is 1. The molecule has 0 saturated heterocycles. The van der Waals surface area contributed by atoms with Crippen LogP contribution in [0.1, 0.15) is 16.7 Å². The van der Waals surface area contributed by atoms with Gasteiger partial charge in [0.15, 0.2) is 0 Å². The summed E-state index contributed by atoms with van der Waals surface area (Å²) in [6, 6.07) is 22.5. The summed E-state index contributed by atoms with van der Waals surface area (Å²) in [7, 11) is 2.09. The standard InChI is InChI=1S/C25H23N3O3.2ClH/c1-27-17-16-26-23(22-7-3-4-8-24(22)27)15-12-20-6-2-5-9-25(20)31-18-19-10-13-21(14-11-19)28(29)30;;/h2-15H,16-18H2,1H3;2*1H/b15-12+;;. The zero-order valence-corrected chi connectivity index (χ0v) is 19.7. The lowest BCUT2D eigenvalue weighted by atomic mass is 10.1. The zero-order chi connectivity index (χ0) is 21.6. The molecule has 0 bridgehead atoms. The number of hydrogen-bond acceptors (Lipinski definition) is 5. The maximum Gasteiger partial charge on any atom is 0.269 e. The highest BCUT2D eigenvalue weighted by molar-refractivity contribution is 6.14. The molecule has 0 amide bonds. The number of non-ortho nitro benzene ring substituents is 1. The molecule has 0 saturated carbocycles. The van der Waals surface area contributed by atoms with Gasteiger partial charge >= 0.3 is 0 Å². The minimum Gasteiger partial charge on any atom is -0.488 e. The Morgan fingerprint density at radius 2 is 1.70 bits per heavy atom. The second-order valence-corrected chi connectivity index (χ2v) is 7.29. The van der Waals surface area contributed by atoms with E-state index in [2.05, 4.69) is 24.1 Å². The normalized spacial score (nSPS) is 12.6. The number of fused-ring (bicyclic) bond motifs is 1. The van der Waals surface area contributed by atoms with Crippen LogP contribution in [0.25, 0.3) is 6.08 Å². The number of hydrogen-bond donors (Lipinski definition) is 0. The van der Waals surface area contributed by atoms with Gasteiger partial charge in [0, 0.05) is 42.5 Å². The quantitative estimate of drug-likeness (QED) is 0.318. The fourth-order valence-corrected chi connectivity index (χ4v) is 3.49. The summed E-state index contributed by atoms with van der Waals surface area (Å²) in [6.07, 6.45) is 4.05. The summed E-state index contributed by atoms with van der Waals surface area (Å²) in [5.41, 5.74) is 5.12. The van der Waals surface area contributed by atoms with E-state index < -0.39 is 4.92 Å². The van der Waals surface area contributed by atoms with Crippen LogP contribution >= 0.6 is 24.8 Å². The highest BCUT2D eigenvalue weighted by Gasteiger charge is 2.14. The number of allylic oxidation sites excluding steroid dienone is 1. The van der Waals surface area contributed by atoms with Crippen molar-refractivity contribution in [2.75, 3.05) is 25.0 Å². The molecule has 1 aliphatic rings. The number of nitrogens with zero attached hydrogens (tertiary/aromatic N) is 3. The smallest absolute Gasteiger partial charge is 0.269 e. The van der Waals surface area contributed by atoms with Crippen molar-refractivity contribution in [1.29, 1.82) is 0 Å². The summed E-state index contributed by atoms with van der Waals surface area (Å²) in [4.78, 5) is 17.4. The highest BCUT2D eigenvalue weighted by atomic mass is 35.5. The van der Waals surface area contributed by atoms with Crippen LogP contribution in [0, 0.1) is 10.1 Å². The Morgan fingerprint density at radius 3 is 2.45 bits per heavy atom. The Morgan fingerprint density at radius 1 is 1.00 bits per heavy atom. The summed E-state index contributed by atoms with van der Waals surface area (Å²) < 4.78 is 6.01. The minimum atomic E-state index is -0.406. The number of para-hydroxylation sites is 2. The van der Waals surface area contributed by atoms with E-state index in [0.29, 0.717) is 6.61 Å². The van der Waals surface area contributed by atoms with E-state index >= 15 is 0 Å². The third-order valence-electron chi connectivity index (χ3n) is 5.19. The lowest BCUT2D eigenvalue weighted by Gasteiger charge is -2.18. The van der Waals surface area contributed by atoms with E-state index in [-0.39, 0.29) is 30.5 Å². The lowest BCUT2D eigenvalue weighted by molar-refractivity contribution is -0.384. The first-order valence-electron chi connectivity index (χ1n) is 10.1. The number of nitro benzene ring substituents is 1. The number of rotatable bonds is 6. The average molecular weight is 486 g/mol. The molecule has 0 radical (unpaired) electrons. The first-order valence-corrected chi connectivity index (χ1v) is 10.1. The number of benzene rings is 3. The van der Waals surface area contributed by atoms with Gasteiger partial charge in [-0.3, -0.25) is 15.1 Å². The van der Waals surface area contributed by atoms with E-state index in [9.17, 15) is 10.1 Å². The number of halogens is 2. The number of benzodiazepines with no additional fused rings is 1. The van der Waals surface area contributed by atoms with Gasteiger partial charge in [0.05, 0.1) is 17.2 Å². The van der Waals surface area contributed by atoms with Crippen LogP contribution in [0.3, 0.4) is 0 Å². The highest BCUT2D eigenvalue weighted by Crippen LogP contribution is 2.25. The molecular weight excluding hydrogens is 461 g/mol. The van der Waals surface area contributed by atoms with Gasteiger partial charge in [-0.2, -0.15) is 0 Å². The number of ether oxygens (including phenoxy) is 1. The summed E-state index contributed by atoms with van der Waals surface area (Å²) in [6.45, 7) is 1.95. The van der Waals surface area contributed by atoms with E-state index in [1.807, 2.05) is 48.6 Å². The van der Waals surface area contributed by atoms with Crippen LogP contribution in [0.2, 0.25) is 0 Å². The fraction of sp³-hybridized carbons (Fsp3) is 0.160. The van der Waals surface area contributed by atoms with Crippen LogP contribution < -0.4 is 9.64 Å². The number of nitro groups is 1. The Hall–Kier alpha value is -3.35. The molecule has 0 fully saturated rings. The van der Waals surface area contributed by atoms with Crippen molar-refractivity contribution in [3.63, 3.8) is 0 Å². The molecular formula is C25H25Cl2N3O3. The van der Waals surface area contributed by atoms with Gasteiger partial charge in [-0.05, 0) is 42.0 Å². The second-order valence-electron chi connectivity index (χ2n) is 7.29. The molecule has 3 aromatic carbocycles. The maximum atomic E-state index is 10.8. The molecule has 0 aliphatic carbocycles. The fourth-order valence-electron chi connectivity index (χ4n) is 3.49. The Labute approximate surface area is 205 Å². The minimum absolute atomic E-state index is 0. The van der Waals surface area contributed by atoms with Gasteiger partial charge in [0.25, 0.3) is 5.69 Å². The molecule has 1 aliphatic heterocycles. The van der Waals surface area contributed by atoms with Crippen molar-refractivity contribution >= 4 is 48.0 Å². The van der Waals surface area contributed by atoms with E-state index in [4.69, 9.17) is 9.73 Å². The van der Waals surface area contributed by atoms with Crippen LogP contribution in [0.4, 0.5) is 11.4 Å². The molecule has 0 atom stereocenters. The summed E-state index contributed by atoms with van der Waals surface area (Å²) >= 11 is 0.